The van der Waals surface area contributed by atoms with Gasteiger partial charge in [-0.1, -0.05) is 134 Å². The Bertz CT molecular complexity index is 393. The summed E-state index contributed by atoms with van der Waals surface area (Å²) in [6.45, 7) is 4.57. The first-order valence-electron chi connectivity index (χ1n) is 11.6. The molecule has 1 aromatic rings. The van der Waals surface area contributed by atoms with Crippen LogP contribution in [-0.2, 0) is 5.54 Å². The van der Waals surface area contributed by atoms with Gasteiger partial charge in [0, 0.05) is 5.54 Å². The fourth-order valence-corrected chi connectivity index (χ4v) is 3.98. The van der Waals surface area contributed by atoms with Gasteiger partial charge in [-0.05, 0) is 18.4 Å². The third-order valence-electron chi connectivity index (χ3n) is 5.80. The molecule has 0 aliphatic rings. The molecule has 0 heterocycles. The number of benzene rings is 1. The Hall–Kier alpha value is -0.820. The summed E-state index contributed by atoms with van der Waals surface area (Å²) < 4.78 is 0. The Balaban J connectivity index is 2.35. The second-order valence-corrected chi connectivity index (χ2v) is 8.26. The Morgan fingerprint density at radius 3 is 1.38 bits per heavy atom. The average Bonchev–Trinajstić information content (AvgIpc) is 2.67. The van der Waals surface area contributed by atoms with Gasteiger partial charge in [-0.15, -0.1) is 0 Å². The van der Waals surface area contributed by atoms with E-state index in [0.717, 1.165) is 12.8 Å². The fraction of sp³-hybridized carbons (Fsp3) is 0.760. The monoisotopic (exact) mass is 359 g/mol. The normalized spacial score (nSPS) is 11.8. The van der Waals surface area contributed by atoms with Crippen molar-refractivity contribution in [2.45, 2.75) is 122 Å². The highest BCUT2D eigenvalue weighted by atomic mass is 14.7. The van der Waals surface area contributed by atoms with Gasteiger partial charge in [-0.3, -0.25) is 0 Å². The largest absolute Gasteiger partial charge is 0.321 e. The van der Waals surface area contributed by atoms with Crippen molar-refractivity contribution in [2.75, 3.05) is 0 Å². The molecule has 2 N–H and O–H groups in total. The highest BCUT2D eigenvalue weighted by molar-refractivity contribution is 5.23. The second-order valence-electron chi connectivity index (χ2n) is 8.26. The minimum atomic E-state index is -0.117. The van der Waals surface area contributed by atoms with Gasteiger partial charge in [-0.25, -0.2) is 0 Å². The number of hydrogen-bond donors (Lipinski definition) is 1. The molecule has 150 valence electrons. The smallest absolute Gasteiger partial charge is 0.0409 e. The highest BCUT2D eigenvalue weighted by Gasteiger charge is 2.25. The summed E-state index contributed by atoms with van der Waals surface area (Å²) in [4.78, 5) is 0. The lowest BCUT2D eigenvalue weighted by Gasteiger charge is -2.30. The van der Waals surface area contributed by atoms with Gasteiger partial charge in [0.05, 0.1) is 0 Å². The molecule has 0 unspecified atom stereocenters. The molecular formula is C25H45N. The molecule has 0 amide bonds. The zero-order valence-corrected chi connectivity index (χ0v) is 17.8. The van der Waals surface area contributed by atoms with Crippen molar-refractivity contribution in [1.82, 2.24) is 0 Å². The molecule has 1 aromatic carbocycles. The summed E-state index contributed by atoms with van der Waals surface area (Å²) in [5.41, 5.74) is 8.17. The predicted molar refractivity (Wildman–Crippen MR) is 118 cm³/mol. The van der Waals surface area contributed by atoms with Crippen LogP contribution in [0.5, 0.6) is 0 Å². The van der Waals surface area contributed by atoms with E-state index in [1.807, 2.05) is 0 Å². The Labute approximate surface area is 164 Å². The van der Waals surface area contributed by atoms with E-state index in [4.69, 9.17) is 5.73 Å². The van der Waals surface area contributed by atoms with Crippen molar-refractivity contribution in [2.24, 2.45) is 5.73 Å². The zero-order valence-electron chi connectivity index (χ0n) is 17.8. The number of rotatable bonds is 17. The van der Waals surface area contributed by atoms with Crippen LogP contribution in [0, 0.1) is 0 Å². The van der Waals surface area contributed by atoms with Crippen molar-refractivity contribution < 1.29 is 0 Å². The molecule has 0 radical (unpaired) electrons. The second kappa shape index (κ2) is 15.3. The molecule has 1 rings (SSSR count). The van der Waals surface area contributed by atoms with Gasteiger partial charge in [0.1, 0.15) is 0 Å². The van der Waals surface area contributed by atoms with E-state index >= 15 is 0 Å². The Morgan fingerprint density at radius 1 is 0.577 bits per heavy atom. The molecule has 26 heavy (non-hydrogen) atoms. The van der Waals surface area contributed by atoms with Crippen LogP contribution >= 0.6 is 0 Å². The zero-order chi connectivity index (χ0) is 18.9. The summed E-state index contributed by atoms with van der Waals surface area (Å²) in [5, 5.41) is 0. The first-order chi connectivity index (χ1) is 12.7. The molecule has 0 saturated carbocycles. The summed E-state index contributed by atoms with van der Waals surface area (Å²) >= 11 is 0. The Morgan fingerprint density at radius 2 is 0.962 bits per heavy atom. The molecule has 0 aliphatic heterocycles. The van der Waals surface area contributed by atoms with Gasteiger partial charge in [0.25, 0.3) is 0 Å². The van der Waals surface area contributed by atoms with Crippen LogP contribution in [0.15, 0.2) is 30.3 Å². The minimum absolute atomic E-state index is 0.117. The average molecular weight is 360 g/mol. The highest BCUT2D eigenvalue weighted by Crippen LogP contribution is 2.31. The molecule has 0 aliphatic carbocycles. The quantitative estimate of drug-likeness (QED) is 0.279. The SMILES string of the molecule is CCCCCCCCCC(N)(CCCCCCCCC)c1ccccc1. The lowest BCUT2D eigenvalue weighted by atomic mass is 9.81. The van der Waals surface area contributed by atoms with E-state index in [9.17, 15) is 0 Å². The third-order valence-corrected chi connectivity index (χ3v) is 5.80. The topological polar surface area (TPSA) is 26.0 Å². The van der Waals surface area contributed by atoms with Crippen molar-refractivity contribution >= 4 is 0 Å². The first kappa shape index (κ1) is 23.2. The molecular weight excluding hydrogens is 314 g/mol. The maximum atomic E-state index is 6.94. The van der Waals surface area contributed by atoms with E-state index in [-0.39, 0.29) is 5.54 Å². The van der Waals surface area contributed by atoms with Crippen LogP contribution in [0.1, 0.15) is 122 Å². The van der Waals surface area contributed by atoms with E-state index in [0.29, 0.717) is 0 Å². The first-order valence-corrected chi connectivity index (χ1v) is 11.6. The predicted octanol–water partition coefficient (Wildman–Crippen LogP) is 8.12. The van der Waals surface area contributed by atoms with Crippen LogP contribution in [0.25, 0.3) is 0 Å². The number of unbranched alkanes of at least 4 members (excludes halogenated alkanes) is 12. The van der Waals surface area contributed by atoms with Crippen LogP contribution in [0.4, 0.5) is 0 Å². The summed E-state index contributed by atoms with van der Waals surface area (Å²) in [7, 11) is 0. The molecule has 0 aromatic heterocycles. The van der Waals surface area contributed by atoms with Crippen molar-refractivity contribution in [3.63, 3.8) is 0 Å². The summed E-state index contributed by atoms with van der Waals surface area (Å²) in [6.07, 6.45) is 21.3. The van der Waals surface area contributed by atoms with Crippen molar-refractivity contribution in [1.29, 1.82) is 0 Å². The summed E-state index contributed by atoms with van der Waals surface area (Å²) in [5.74, 6) is 0. The molecule has 0 spiro atoms. The van der Waals surface area contributed by atoms with E-state index < -0.39 is 0 Å². The third kappa shape index (κ3) is 10.4. The lowest BCUT2D eigenvalue weighted by molar-refractivity contribution is 0.343. The Kier molecular flexibility index (Phi) is 13.6. The van der Waals surface area contributed by atoms with E-state index in [1.54, 1.807) is 0 Å². The van der Waals surface area contributed by atoms with Gasteiger partial charge in [0.15, 0.2) is 0 Å². The van der Waals surface area contributed by atoms with Gasteiger partial charge in [0.2, 0.25) is 0 Å². The van der Waals surface area contributed by atoms with E-state index in [2.05, 4.69) is 44.2 Å². The van der Waals surface area contributed by atoms with Crippen LogP contribution in [-0.4, -0.2) is 0 Å². The van der Waals surface area contributed by atoms with Crippen LogP contribution < -0.4 is 5.73 Å². The molecule has 0 atom stereocenters. The van der Waals surface area contributed by atoms with Crippen LogP contribution in [0.3, 0.4) is 0 Å². The molecule has 0 fully saturated rings. The van der Waals surface area contributed by atoms with Crippen molar-refractivity contribution in [3.8, 4) is 0 Å². The molecule has 1 heteroatoms. The van der Waals surface area contributed by atoms with Crippen LogP contribution in [0.2, 0.25) is 0 Å². The molecule has 0 bridgehead atoms. The van der Waals surface area contributed by atoms with Gasteiger partial charge in [-0.2, -0.15) is 0 Å². The minimum Gasteiger partial charge on any atom is -0.321 e. The number of hydrogen-bond acceptors (Lipinski definition) is 1. The molecule has 0 saturated heterocycles. The summed E-state index contributed by atoms with van der Waals surface area (Å²) in [6, 6.07) is 10.9. The van der Waals surface area contributed by atoms with Gasteiger partial charge >= 0.3 is 0 Å². The van der Waals surface area contributed by atoms with Gasteiger partial charge < -0.3 is 5.73 Å². The lowest BCUT2D eigenvalue weighted by Crippen LogP contribution is -2.36. The van der Waals surface area contributed by atoms with Crippen molar-refractivity contribution in [3.05, 3.63) is 35.9 Å². The van der Waals surface area contributed by atoms with E-state index in [1.165, 1.54) is 95.5 Å². The number of nitrogens with two attached hydrogens (primary N) is 1. The standard InChI is InChI=1S/C25H45N/c1-3-5-7-9-11-13-18-22-25(26,24-20-16-15-17-21-24)23-19-14-12-10-8-6-4-2/h15-17,20-21H,3-14,18-19,22-23,26H2,1-2H3. The maximum absolute atomic E-state index is 6.94. The molecule has 1 nitrogen and oxygen atoms in total. The fourth-order valence-electron chi connectivity index (χ4n) is 3.98. The maximum Gasteiger partial charge on any atom is 0.0409 e.